The quantitative estimate of drug-likeness (QED) is 0.475. The van der Waals surface area contributed by atoms with Crippen LogP contribution in [0.15, 0.2) is 0 Å². The first-order valence-electron chi connectivity index (χ1n) is 5.35. The molecule has 0 bridgehead atoms. The molecule has 0 saturated carbocycles. The number of ether oxygens (including phenoxy) is 2. The summed E-state index contributed by atoms with van der Waals surface area (Å²) in [6.07, 6.45) is 2.60. The lowest BCUT2D eigenvalue weighted by Gasteiger charge is -2.17. The van der Waals surface area contributed by atoms with Crippen LogP contribution in [0.5, 0.6) is 0 Å². The molecule has 14 heavy (non-hydrogen) atoms. The maximum Gasteiger partial charge on any atom is 0.169 e. The molecule has 0 aliphatic carbocycles. The summed E-state index contributed by atoms with van der Waals surface area (Å²) in [6.45, 7) is 5.45. The molecular formula is C10H22N2O2. The number of hydrogen-bond acceptors (Lipinski definition) is 4. The molecule has 1 saturated heterocycles. The first-order valence-corrected chi connectivity index (χ1v) is 5.35. The molecule has 1 aliphatic rings. The average Bonchev–Trinajstić information content (AvgIpc) is 2.71. The van der Waals surface area contributed by atoms with E-state index in [-0.39, 0.29) is 6.29 Å². The molecule has 0 aromatic rings. The molecule has 84 valence electrons. The Kier molecular flexibility index (Phi) is 6.10. The Morgan fingerprint density at radius 2 is 1.86 bits per heavy atom. The van der Waals surface area contributed by atoms with Crippen molar-refractivity contribution in [2.24, 2.45) is 0 Å². The standard InChI is InChI=1S/C10H22N2O2/c1-13-10(14-2)9-11-5-8-12-6-3-4-7-12/h10-11H,3-9H2,1-2H3. The van der Waals surface area contributed by atoms with Crippen LogP contribution < -0.4 is 5.32 Å². The lowest BCUT2D eigenvalue weighted by molar-refractivity contribution is -0.0987. The minimum atomic E-state index is -0.117. The molecule has 0 radical (unpaired) electrons. The fourth-order valence-electron chi connectivity index (χ4n) is 1.73. The monoisotopic (exact) mass is 202 g/mol. The Morgan fingerprint density at radius 1 is 1.21 bits per heavy atom. The largest absolute Gasteiger partial charge is 0.355 e. The van der Waals surface area contributed by atoms with E-state index in [1.807, 2.05) is 0 Å². The molecule has 0 aromatic carbocycles. The van der Waals surface area contributed by atoms with Gasteiger partial charge in [0.25, 0.3) is 0 Å². The number of hydrogen-bond donors (Lipinski definition) is 1. The summed E-state index contributed by atoms with van der Waals surface area (Å²) < 4.78 is 10.1. The highest BCUT2D eigenvalue weighted by atomic mass is 16.7. The van der Waals surface area contributed by atoms with Crippen LogP contribution >= 0.6 is 0 Å². The molecule has 1 aliphatic heterocycles. The van der Waals surface area contributed by atoms with E-state index in [1.165, 1.54) is 25.9 Å². The molecule has 1 N–H and O–H groups in total. The number of nitrogens with one attached hydrogen (secondary N) is 1. The molecule has 0 aromatic heterocycles. The number of nitrogens with zero attached hydrogens (tertiary/aromatic N) is 1. The van der Waals surface area contributed by atoms with Gasteiger partial charge in [0.15, 0.2) is 6.29 Å². The molecule has 0 amide bonds. The predicted octanol–water partition coefficient (Wildman–Crippen LogP) is 0.291. The van der Waals surface area contributed by atoms with Gasteiger partial charge in [0.1, 0.15) is 0 Å². The molecule has 0 unspecified atom stereocenters. The van der Waals surface area contributed by atoms with Crippen molar-refractivity contribution in [2.45, 2.75) is 19.1 Å². The van der Waals surface area contributed by atoms with Crippen LogP contribution in [0.1, 0.15) is 12.8 Å². The summed E-state index contributed by atoms with van der Waals surface area (Å²) in [4.78, 5) is 2.49. The van der Waals surface area contributed by atoms with Gasteiger partial charge in [-0.25, -0.2) is 0 Å². The van der Waals surface area contributed by atoms with Gasteiger partial charge in [0.2, 0.25) is 0 Å². The molecule has 1 fully saturated rings. The molecule has 1 rings (SSSR count). The molecule has 1 heterocycles. The van der Waals surface area contributed by atoms with Crippen LogP contribution in [-0.2, 0) is 9.47 Å². The van der Waals surface area contributed by atoms with Crippen molar-refractivity contribution in [3.05, 3.63) is 0 Å². The predicted molar refractivity (Wildman–Crippen MR) is 56.3 cm³/mol. The van der Waals surface area contributed by atoms with Gasteiger partial charge >= 0.3 is 0 Å². The third-order valence-electron chi connectivity index (χ3n) is 2.64. The van der Waals surface area contributed by atoms with Gasteiger partial charge in [-0.05, 0) is 25.9 Å². The third kappa shape index (κ3) is 4.37. The van der Waals surface area contributed by atoms with E-state index in [9.17, 15) is 0 Å². The van der Waals surface area contributed by atoms with Crippen molar-refractivity contribution in [3.63, 3.8) is 0 Å². The van der Waals surface area contributed by atoms with Gasteiger partial charge in [-0.3, -0.25) is 0 Å². The zero-order chi connectivity index (χ0) is 10.2. The Bertz CT molecular complexity index is 130. The van der Waals surface area contributed by atoms with E-state index < -0.39 is 0 Å². The van der Waals surface area contributed by atoms with Crippen molar-refractivity contribution in [3.8, 4) is 0 Å². The highest BCUT2D eigenvalue weighted by molar-refractivity contribution is 4.66. The van der Waals surface area contributed by atoms with E-state index in [0.717, 1.165) is 19.6 Å². The summed E-state index contributed by atoms with van der Waals surface area (Å²) >= 11 is 0. The van der Waals surface area contributed by atoms with Crippen LogP contribution in [0.2, 0.25) is 0 Å². The maximum absolute atomic E-state index is 5.07. The SMILES string of the molecule is COC(CNCCN1CCCC1)OC. The molecular weight excluding hydrogens is 180 g/mol. The lowest BCUT2D eigenvalue weighted by atomic mass is 10.4. The zero-order valence-electron chi connectivity index (χ0n) is 9.29. The van der Waals surface area contributed by atoms with Crippen molar-refractivity contribution in [2.75, 3.05) is 46.9 Å². The Labute approximate surface area is 86.6 Å². The maximum atomic E-state index is 5.07. The molecule has 0 spiro atoms. The smallest absolute Gasteiger partial charge is 0.169 e. The summed E-state index contributed by atoms with van der Waals surface area (Å²) in [6, 6.07) is 0. The second-order valence-electron chi connectivity index (χ2n) is 3.65. The van der Waals surface area contributed by atoms with Crippen LogP contribution in [0.3, 0.4) is 0 Å². The van der Waals surface area contributed by atoms with Crippen molar-refractivity contribution >= 4 is 0 Å². The number of rotatable bonds is 7. The van der Waals surface area contributed by atoms with Crippen molar-refractivity contribution in [1.29, 1.82) is 0 Å². The summed E-state index contributed by atoms with van der Waals surface area (Å²) in [5, 5.41) is 3.32. The van der Waals surface area contributed by atoms with Crippen LogP contribution in [-0.4, -0.2) is 58.1 Å². The lowest BCUT2D eigenvalue weighted by Crippen LogP contribution is -2.35. The first kappa shape index (κ1) is 11.9. The van der Waals surface area contributed by atoms with E-state index in [0.29, 0.717) is 0 Å². The molecule has 4 heteroatoms. The Hall–Kier alpha value is -0.160. The van der Waals surface area contributed by atoms with Gasteiger partial charge in [0.05, 0.1) is 0 Å². The Morgan fingerprint density at radius 3 is 2.43 bits per heavy atom. The highest BCUT2D eigenvalue weighted by Crippen LogP contribution is 2.05. The Balaban J connectivity index is 1.92. The average molecular weight is 202 g/mol. The van der Waals surface area contributed by atoms with E-state index in [2.05, 4.69) is 10.2 Å². The minimum Gasteiger partial charge on any atom is -0.355 e. The van der Waals surface area contributed by atoms with Crippen LogP contribution in [0, 0.1) is 0 Å². The second-order valence-corrected chi connectivity index (χ2v) is 3.65. The number of methoxy groups -OCH3 is 2. The van der Waals surface area contributed by atoms with Crippen molar-refractivity contribution < 1.29 is 9.47 Å². The third-order valence-corrected chi connectivity index (χ3v) is 2.64. The van der Waals surface area contributed by atoms with Crippen LogP contribution in [0.4, 0.5) is 0 Å². The topological polar surface area (TPSA) is 33.7 Å². The summed E-state index contributed by atoms with van der Waals surface area (Å²) in [5.41, 5.74) is 0. The van der Waals surface area contributed by atoms with Gasteiger partial charge in [-0.2, -0.15) is 0 Å². The zero-order valence-corrected chi connectivity index (χ0v) is 9.29. The normalized spacial score (nSPS) is 18.2. The first-order chi connectivity index (χ1) is 6.86. The van der Waals surface area contributed by atoms with Crippen LogP contribution in [0.25, 0.3) is 0 Å². The fourth-order valence-corrected chi connectivity index (χ4v) is 1.73. The number of likely N-dealkylation sites (tertiary alicyclic amines) is 1. The summed E-state index contributed by atoms with van der Waals surface area (Å²) in [5.74, 6) is 0. The van der Waals surface area contributed by atoms with Crippen molar-refractivity contribution in [1.82, 2.24) is 10.2 Å². The summed E-state index contributed by atoms with van der Waals surface area (Å²) in [7, 11) is 3.33. The van der Waals surface area contributed by atoms with Gasteiger partial charge < -0.3 is 19.7 Å². The minimum absolute atomic E-state index is 0.117. The van der Waals surface area contributed by atoms with E-state index in [1.54, 1.807) is 14.2 Å². The van der Waals surface area contributed by atoms with E-state index in [4.69, 9.17) is 9.47 Å². The second kappa shape index (κ2) is 7.17. The van der Waals surface area contributed by atoms with Gasteiger partial charge in [0, 0.05) is 33.9 Å². The van der Waals surface area contributed by atoms with E-state index >= 15 is 0 Å². The van der Waals surface area contributed by atoms with Gasteiger partial charge in [-0.15, -0.1) is 0 Å². The highest BCUT2D eigenvalue weighted by Gasteiger charge is 2.10. The molecule has 4 nitrogen and oxygen atoms in total. The van der Waals surface area contributed by atoms with Gasteiger partial charge in [-0.1, -0.05) is 0 Å². The fraction of sp³-hybridized carbons (Fsp3) is 1.00. The molecule has 0 atom stereocenters.